The standard InChI is InChI=1S/C21H30O/c1-4-14-5-7-18-17-8-6-15-12-16(22)9-10-21(15,3)19(17)11-13(2)20(14)18/h4,9-10,12-13,16-20,22H,5-8,11H2,1-3H3/t13-,16+,17?,18?,19?,20?,21+/m1/s1. The first-order valence-corrected chi connectivity index (χ1v) is 9.28. The fourth-order valence-corrected chi connectivity index (χ4v) is 6.57. The SMILES string of the molecule is CC=C1CCC2C3CCC4=C[C@@H](O)C=C[C@]4(C)C3C[C@@H](C)C12. The highest BCUT2D eigenvalue weighted by Gasteiger charge is 2.54. The first-order chi connectivity index (χ1) is 10.5. The van der Waals surface area contributed by atoms with Crippen LogP contribution in [0.15, 0.2) is 35.5 Å². The van der Waals surface area contributed by atoms with Gasteiger partial charge in [0.25, 0.3) is 0 Å². The van der Waals surface area contributed by atoms with Crippen LogP contribution in [-0.4, -0.2) is 11.2 Å². The van der Waals surface area contributed by atoms with Crippen molar-refractivity contribution in [3.05, 3.63) is 35.5 Å². The Morgan fingerprint density at radius 3 is 2.77 bits per heavy atom. The summed E-state index contributed by atoms with van der Waals surface area (Å²) in [5.74, 6) is 4.26. The average molecular weight is 298 g/mol. The van der Waals surface area contributed by atoms with Crippen LogP contribution in [0.1, 0.15) is 52.9 Å². The van der Waals surface area contributed by atoms with Crippen molar-refractivity contribution in [2.75, 3.05) is 0 Å². The molecule has 4 aliphatic carbocycles. The zero-order valence-corrected chi connectivity index (χ0v) is 14.3. The Balaban J connectivity index is 1.70. The summed E-state index contributed by atoms with van der Waals surface area (Å²) in [6.45, 7) is 7.17. The van der Waals surface area contributed by atoms with E-state index in [1.165, 1.54) is 37.7 Å². The number of aliphatic hydroxyl groups excluding tert-OH is 1. The molecule has 4 rings (SSSR count). The fourth-order valence-electron chi connectivity index (χ4n) is 6.57. The lowest BCUT2D eigenvalue weighted by Gasteiger charge is -2.55. The number of fused-ring (bicyclic) bond motifs is 5. The first-order valence-electron chi connectivity index (χ1n) is 9.28. The van der Waals surface area contributed by atoms with Gasteiger partial charge in [-0.3, -0.25) is 0 Å². The molecule has 0 aliphatic heterocycles. The van der Waals surface area contributed by atoms with Crippen LogP contribution in [0.4, 0.5) is 0 Å². The summed E-state index contributed by atoms with van der Waals surface area (Å²) in [5, 5.41) is 9.96. The molecule has 1 nitrogen and oxygen atoms in total. The average Bonchev–Trinajstić information content (AvgIpc) is 2.94. The van der Waals surface area contributed by atoms with E-state index in [1.807, 2.05) is 6.08 Å². The summed E-state index contributed by atoms with van der Waals surface area (Å²) >= 11 is 0. The predicted octanol–water partition coefficient (Wildman–Crippen LogP) is 4.89. The lowest BCUT2D eigenvalue weighted by Crippen LogP contribution is -2.48. The predicted molar refractivity (Wildman–Crippen MR) is 91.3 cm³/mol. The van der Waals surface area contributed by atoms with Gasteiger partial charge in [-0.1, -0.05) is 49.3 Å². The van der Waals surface area contributed by atoms with Crippen LogP contribution >= 0.6 is 0 Å². The Labute approximate surface area is 135 Å². The van der Waals surface area contributed by atoms with E-state index in [0.29, 0.717) is 0 Å². The van der Waals surface area contributed by atoms with E-state index in [1.54, 1.807) is 5.57 Å². The molecule has 0 radical (unpaired) electrons. The smallest absolute Gasteiger partial charge is 0.0905 e. The Kier molecular flexibility index (Phi) is 3.41. The summed E-state index contributed by atoms with van der Waals surface area (Å²) < 4.78 is 0. The van der Waals surface area contributed by atoms with Gasteiger partial charge in [0.2, 0.25) is 0 Å². The van der Waals surface area contributed by atoms with Crippen LogP contribution in [0.5, 0.6) is 0 Å². The zero-order valence-electron chi connectivity index (χ0n) is 14.3. The molecule has 7 atom stereocenters. The lowest BCUT2D eigenvalue weighted by atomic mass is 9.49. The van der Waals surface area contributed by atoms with Gasteiger partial charge in [-0.25, -0.2) is 0 Å². The highest BCUT2D eigenvalue weighted by Crippen LogP contribution is 2.62. The third-order valence-electron chi connectivity index (χ3n) is 7.55. The van der Waals surface area contributed by atoms with Crippen LogP contribution < -0.4 is 0 Å². The molecule has 120 valence electrons. The van der Waals surface area contributed by atoms with Crippen molar-refractivity contribution in [1.82, 2.24) is 0 Å². The Morgan fingerprint density at radius 1 is 1.23 bits per heavy atom. The number of rotatable bonds is 0. The molecule has 0 aromatic rings. The Hall–Kier alpha value is -0.820. The second-order valence-electron chi connectivity index (χ2n) is 8.44. The van der Waals surface area contributed by atoms with Gasteiger partial charge in [-0.15, -0.1) is 0 Å². The molecular weight excluding hydrogens is 268 g/mol. The molecule has 1 heteroatoms. The van der Waals surface area contributed by atoms with Gasteiger partial charge in [0, 0.05) is 5.41 Å². The summed E-state index contributed by atoms with van der Waals surface area (Å²) in [6.07, 6.45) is 15.2. The molecule has 22 heavy (non-hydrogen) atoms. The van der Waals surface area contributed by atoms with Crippen molar-refractivity contribution >= 4 is 0 Å². The molecule has 0 heterocycles. The minimum absolute atomic E-state index is 0.208. The molecule has 0 bridgehead atoms. The van der Waals surface area contributed by atoms with E-state index in [2.05, 4.69) is 39.0 Å². The number of aliphatic hydroxyl groups is 1. The summed E-state index contributed by atoms with van der Waals surface area (Å²) in [5.41, 5.74) is 3.47. The molecule has 0 saturated heterocycles. The van der Waals surface area contributed by atoms with Gasteiger partial charge >= 0.3 is 0 Å². The van der Waals surface area contributed by atoms with Gasteiger partial charge in [0.1, 0.15) is 0 Å². The second kappa shape index (κ2) is 5.09. The minimum Gasteiger partial charge on any atom is -0.385 e. The van der Waals surface area contributed by atoms with Crippen LogP contribution in [-0.2, 0) is 0 Å². The maximum absolute atomic E-state index is 9.96. The van der Waals surface area contributed by atoms with E-state index in [9.17, 15) is 5.11 Å². The van der Waals surface area contributed by atoms with E-state index >= 15 is 0 Å². The number of hydrogen-bond donors (Lipinski definition) is 1. The third kappa shape index (κ3) is 1.94. The number of hydrogen-bond acceptors (Lipinski definition) is 1. The zero-order chi connectivity index (χ0) is 15.5. The monoisotopic (exact) mass is 298 g/mol. The van der Waals surface area contributed by atoms with Gasteiger partial charge in [0.05, 0.1) is 6.10 Å². The maximum Gasteiger partial charge on any atom is 0.0905 e. The van der Waals surface area contributed by atoms with Gasteiger partial charge in [-0.2, -0.15) is 0 Å². The summed E-state index contributed by atoms with van der Waals surface area (Å²) in [7, 11) is 0. The van der Waals surface area contributed by atoms with E-state index in [-0.39, 0.29) is 11.5 Å². The summed E-state index contributed by atoms with van der Waals surface area (Å²) in [6, 6.07) is 0. The molecule has 0 spiro atoms. The molecule has 4 unspecified atom stereocenters. The van der Waals surface area contributed by atoms with Crippen molar-refractivity contribution in [3.8, 4) is 0 Å². The van der Waals surface area contributed by atoms with E-state index < -0.39 is 0 Å². The summed E-state index contributed by atoms with van der Waals surface area (Å²) in [4.78, 5) is 0. The van der Waals surface area contributed by atoms with Crippen LogP contribution in [0, 0.1) is 35.0 Å². The van der Waals surface area contributed by atoms with Crippen molar-refractivity contribution in [2.24, 2.45) is 35.0 Å². The van der Waals surface area contributed by atoms with Crippen molar-refractivity contribution in [3.63, 3.8) is 0 Å². The quantitative estimate of drug-likeness (QED) is 0.631. The van der Waals surface area contributed by atoms with Gasteiger partial charge in [0.15, 0.2) is 0 Å². The lowest BCUT2D eigenvalue weighted by molar-refractivity contribution is 0.00563. The highest BCUT2D eigenvalue weighted by atomic mass is 16.3. The Morgan fingerprint density at radius 2 is 2.00 bits per heavy atom. The molecule has 3 saturated carbocycles. The maximum atomic E-state index is 9.96. The molecule has 4 aliphatic rings. The molecule has 0 aromatic heterocycles. The molecule has 0 aromatic carbocycles. The van der Waals surface area contributed by atoms with Crippen LogP contribution in [0.25, 0.3) is 0 Å². The topological polar surface area (TPSA) is 20.2 Å². The third-order valence-corrected chi connectivity index (χ3v) is 7.55. The fraction of sp³-hybridized carbons (Fsp3) is 0.714. The molecular formula is C21H30O. The van der Waals surface area contributed by atoms with Gasteiger partial charge < -0.3 is 5.11 Å². The van der Waals surface area contributed by atoms with Crippen molar-refractivity contribution in [1.29, 1.82) is 0 Å². The van der Waals surface area contributed by atoms with Crippen molar-refractivity contribution < 1.29 is 5.11 Å². The largest absolute Gasteiger partial charge is 0.385 e. The first kappa shape index (κ1) is 14.8. The van der Waals surface area contributed by atoms with Crippen LogP contribution in [0.2, 0.25) is 0 Å². The minimum atomic E-state index is -0.352. The highest BCUT2D eigenvalue weighted by molar-refractivity contribution is 5.34. The van der Waals surface area contributed by atoms with Crippen LogP contribution in [0.3, 0.4) is 0 Å². The Bertz CT molecular complexity index is 554. The second-order valence-corrected chi connectivity index (χ2v) is 8.44. The van der Waals surface area contributed by atoms with Crippen molar-refractivity contribution in [2.45, 2.75) is 59.0 Å². The van der Waals surface area contributed by atoms with Gasteiger partial charge in [-0.05, 0) is 68.6 Å². The molecule has 1 N–H and O–H groups in total. The molecule has 3 fully saturated rings. The normalized spacial score (nSPS) is 52.0. The number of allylic oxidation sites excluding steroid dienone is 4. The molecule has 0 amide bonds. The van der Waals surface area contributed by atoms with E-state index in [4.69, 9.17) is 0 Å². The van der Waals surface area contributed by atoms with E-state index in [0.717, 1.165) is 29.6 Å².